The van der Waals surface area contributed by atoms with Crippen LogP contribution in [0.15, 0.2) is 24.3 Å². The Morgan fingerprint density at radius 2 is 2.12 bits per heavy atom. The topological polar surface area (TPSA) is 67.9 Å². The number of carbonyl (C=O) groups is 1. The summed E-state index contributed by atoms with van der Waals surface area (Å²) in [4.78, 5) is 13.2. The Labute approximate surface area is 94.3 Å². The highest BCUT2D eigenvalue weighted by Gasteiger charge is 2.16. The summed E-state index contributed by atoms with van der Waals surface area (Å²) in [5.41, 5.74) is 0.854. The Balaban J connectivity index is 2.98. The minimum Gasteiger partial charge on any atom is -0.326 e. The Hall–Kier alpha value is -2.33. The molecular weight excluding hydrogens is 202 g/mol. The molecule has 0 fully saturated rings. The molecule has 1 aromatic rings. The maximum atomic E-state index is 11.9. The van der Waals surface area contributed by atoms with E-state index in [0.29, 0.717) is 11.1 Å². The van der Waals surface area contributed by atoms with Crippen molar-refractivity contribution in [2.75, 3.05) is 7.05 Å². The third kappa shape index (κ3) is 2.37. The molecule has 1 rings (SSSR count). The molecule has 1 amide bonds. The van der Waals surface area contributed by atoms with Gasteiger partial charge in [-0.05, 0) is 25.1 Å². The van der Waals surface area contributed by atoms with Crippen molar-refractivity contribution in [1.29, 1.82) is 10.5 Å². The highest BCUT2D eigenvalue weighted by Crippen LogP contribution is 2.08. The second kappa shape index (κ2) is 4.95. The zero-order valence-electron chi connectivity index (χ0n) is 9.14. The zero-order chi connectivity index (χ0) is 12.1. The van der Waals surface area contributed by atoms with E-state index >= 15 is 0 Å². The Morgan fingerprint density at radius 3 is 2.69 bits per heavy atom. The molecule has 0 bridgehead atoms. The van der Waals surface area contributed by atoms with E-state index in [1.807, 2.05) is 12.1 Å². The van der Waals surface area contributed by atoms with Crippen LogP contribution in [0.2, 0.25) is 0 Å². The van der Waals surface area contributed by atoms with Gasteiger partial charge < -0.3 is 4.90 Å². The molecule has 1 aromatic carbocycles. The number of benzene rings is 1. The SMILES string of the molecule is CC(C#N)N(C)C(=O)c1cccc(C#N)c1. The van der Waals surface area contributed by atoms with Crippen LogP contribution in [0.4, 0.5) is 0 Å². The Morgan fingerprint density at radius 1 is 1.44 bits per heavy atom. The molecule has 0 saturated heterocycles. The molecule has 0 aromatic heterocycles. The average Bonchev–Trinajstić information content (AvgIpc) is 2.36. The second-order valence-corrected chi connectivity index (χ2v) is 3.41. The minimum atomic E-state index is -0.488. The number of hydrogen-bond acceptors (Lipinski definition) is 3. The lowest BCUT2D eigenvalue weighted by atomic mass is 10.1. The fraction of sp³-hybridized carbons (Fsp3) is 0.250. The Bertz CT molecular complexity index is 482. The first kappa shape index (κ1) is 11.7. The standard InChI is InChI=1S/C12H11N3O/c1-9(7-13)15(2)12(16)11-5-3-4-10(6-11)8-14/h3-6,9H,1-2H3. The van der Waals surface area contributed by atoms with E-state index in [-0.39, 0.29) is 5.91 Å². The van der Waals surface area contributed by atoms with E-state index in [1.54, 1.807) is 32.2 Å². The number of hydrogen-bond donors (Lipinski definition) is 0. The average molecular weight is 213 g/mol. The molecule has 0 radical (unpaired) electrons. The maximum absolute atomic E-state index is 11.9. The molecule has 80 valence electrons. The van der Waals surface area contributed by atoms with Crippen molar-refractivity contribution in [2.45, 2.75) is 13.0 Å². The van der Waals surface area contributed by atoms with Gasteiger partial charge in [-0.15, -0.1) is 0 Å². The molecule has 16 heavy (non-hydrogen) atoms. The first-order valence-corrected chi connectivity index (χ1v) is 4.77. The molecule has 1 atom stereocenters. The molecule has 0 aliphatic carbocycles. The predicted octanol–water partition coefficient (Wildman–Crippen LogP) is 1.54. The summed E-state index contributed by atoms with van der Waals surface area (Å²) in [7, 11) is 1.56. The second-order valence-electron chi connectivity index (χ2n) is 3.41. The van der Waals surface area contributed by atoms with Crippen LogP contribution >= 0.6 is 0 Å². The van der Waals surface area contributed by atoms with Crippen molar-refractivity contribution >= 4 is 5.91 Å². The summed E-state index contributed by atoms with van der Waals surface area (Å²) >= 11 is 0. The lowest BCUT2D eigenvalue weighted by Crippen LogP contribution is -2.34. The molecule has 0 spiro atoms. The first-order valence-electron chi connectivity index (χ1n) is 4.77. The van der Waals surface area contributed by atoms with E-state index in [0.717, 1.165) is 0 Å². The molecule has 0 heterocycles. The predicted molar refractivity (Wildman–Crippen MR) is 58.3 cm³/mol. The molecule has 0 aliphatic rings. The van der Waals surface area contributed by atoms with Crippen molar-refractivity contribution in [1.82, 2.24) is 4.90 Å². The van der Waals surface area contributed by atoms with Crippen molar-refractivity contribution in [3.05, 3.63) is 35.4 Å². The van der Waals surface area contributed by atoms with Gasteiger partial charge in [0, 0.05) is 12.6 Å². The van der Waals surface area contributed by atoms with Gasteiger partial charge >= 0.3 is 0 Å². The highest BCUT2D eigenvalue weighted by atomic mass is 16.2. The van der Waals surface area contributed by atoms with Crippen LogP contribution in [0.25, 0.3) is 0 Å². The molecule has 0 N–H and O–H groups in total. The highest BCUT2D eigenvalue weighted by molar-refractivity contribution is 5.94. The van der Waals surface area contributed by atoms with Crippen LogP contribution in [0.5, 0.6) is 0 Å². The Kier molecular flexibility index (Phi) is 3.63. The van der Waals surface area contributed by atoms with Crippen LogP contribution in [-0.2, 0) is 0 Å². The number of nitrogens with zero attached hydrogens (tertiary/aromatic N) is 3. The normalized spacial score (nSPS) is 11.0. The molecule has 0 aliphatic heterocycles. The van der Waals surface area contributed by atoms with Crippen LogP contribution in [0, 0.1) is 22.7 Å². The molecular formula is C12H11N3O. The lowest BCUT2D eigenvalue weighted by molar-refractivity contribution is 0.0773. The van der Waals surface area contributed by atoms with Crippen molar-refractivity contribution in [3.63, 3.8) is 0 Å². The van der Waals surface area contributed by atoms with E-state index in [9.17, 15) is 4.79 Å². The van der Waals surface area contributed by atoms with E-state index < -0.39 is 6.04 Å². The van der Waals surface area contributed by atoms with Gasteiger partial charge in [0.15, 0.2) is 0 Å². The van der Waals surface area contributed by atoms with Crippen LogP contribution < -0.4 is 0 Å². The molecule has 1 unspecified atom stereocenters. The minimum absolute atomic E-state index is 0.258. The number of amides is 1. The van der Waals surface area contributed by atoms with Crippen LogP contribution in [-0.4, -0.2) is 23.9 Å². The van der Waals surface area contributed by atoms with Gasteiger partial charge in [-0.25, -0.2) is 0 Å². The van der Waals surface area contributed by atoms with Gasteiger partial charge in [0.05, 0.1) is 17.7 Å². The molecule has 4 nitrogen and oxygen atoms in total. The summed E-state index contributed by atoms with van der Waals surface area (Å²) in [5, 5.41) is 17.4. The smallest absolute Gasteiger partial charge is 0.254 e. The van der Waals surface area contributed by atoms with Crippen LogP contribution in [0.3, 0.4) is 0 Å². The van der Waals surface area contributed by atoms with E-state index in [2.05, 4.69) is 0 Å². The van der Waals surface area contributed by atoms with Crippen LogP contribution in [0.1, 0.15) is 22.8 Å². The van der Waals surface area contributed by atoms with Gasteiger partial charge in [0.1, 0.15) is 6.04 Å². The third-order valence-corrected chi connectivity index (χ3v) is 2.33. The first-order chi connectivity index (χ1) is 7.60. The molecule has 4 heteroatoms. The number of rotatable bonds is 2. The summed E-state index contributed by atoms with van der Waals surface area (Å²) in [6, 6.07) is 9.89. The summed E-state index contributed by atoms with van der Waals surface area (Å²) in [6.07, 6.45) is 0. The van der Waals surface area contributed by atoms with Crippen molar-refractivity contribution < 1.29 is 4.79 Å². The summed E-state index contributed by atoms with van der Waals surface area (Å²) < 4.78 is 0. The monoisotopic (exact) mass is 213 g/mol. The molecule has 0 saturated carbocycles. The van der Waals surface area contributed by atoms with Gasteiger partial charge in [0.25, 0.3) is 5.91 Å². The summed E-state index contributed by atoms with van der Waals surface area (Å²) in [6.45, 7) is 1.64. The number of nitriles is 2. The fourth-order valence-electron chi connectivity index (χ4n) is 1.19. The van der Waals surface area contributed by atoms with E-state index in [4.69, 9.17) is 10.5 Å². The largest absolute Gasteiger partial charge is 0.326 e. The van der Waals surface area contributed by atoms with Gasteiger partial charge in [-0.2, -0.15) is 10.5 Å². The van der Waals surface area contributed by atoms with Gasteiger partial charge in [-0.1, -0.05) is 6.07 Å². The zero-order valence-corrected chi connectivity index (χ0v) is 9.14. The van der Waals surface area contributed by atoms with Gasteiger partial charge in [0.2, 0.25) is 0 Å². The van der Waals surface area contributed by atoms with E-state index in [1.165, 1.54) is 11.0 Å². The number of carbonyl (C=O) groups excluding carboxylic acids is 1. The quantitative estimate of drug-likeness (QED) is 0.748. The van der Waals surface area contributed by atoms with Crippen molar-refractivity contribution in [3.8, 4) is 12.1 Å². The maximum Gasteiger partial charge on any atom is 0.254 e. The lowest BCUT2D eigenvalue weighted by Gasteiger charge is -2.19. The fourth-order valence-corrected chi connectivity index (χ4v) is 1.19. The third-order valence-electron chi connectivity index (χ3n) is 2.33. The van der Waals surface area contributed by atoms with Gasteiger partial charge in [-0.3, -0.25) is 4.79 Å². The summed E-state index contributed by atoms with van der Waals surface area (Å²) in [5.74, 6) is -0.258. The van der Waals surface area contributed by atoms with Crippen molar-refractivity contribution in [2.24, 2.45) is 0 Å².